The summed E-state index contributed by atoms with van der Waals surface area (Å²) in [6, 6.07) is 8.20. The summed E-state index contributed by atoms with van der Waals surface area (Å²) < 4.78 is 75.0. The number of hydrogen-bond donors (Lipinski definition) is 0. The lowest BCUT2D eigenvalue weighted by Gasteiger charge is -2.10. The molecule has 8 heteroatoms. The summed E-state index contributed by atoms with van der Waals surface area (Å²) >= 11 is 0. The molecule has 0 spiro atoms. The highest BCUT2D eigenvalue weighted by atomic mass is 32.2. The van der Waals surface area contributed by atoms with E-state index in [2.05, 4.69) is 4.98 Å². The number of nitrogens with zero attached hydrogens (tertiary/aromatic N) is 1. The van der Waals surface area contributed by atoms with Crippen molar-refractivity contribution < 1.29 is 26.0 Å². The number of sulfone groups is 1. The van der Waals surface area contributed by atoms with Crippen LogP contribution in [-0.2, 0) is 16.0 Å². The van der Waals surface area contributed by atoms with Crippen LogP contribution >= 0.6 is 0 Å². The number of halogens is 4. The third kappa shape index (κ3) is 3.80. The topological polar surface area (TPSA) is 47.0 Å². The quantitative estimate of drug-likeness (QED) is 0.729. The molecule has 3 rings (SSSR count). The van der Waals surface area contributed by atoms with Gasteiger partial charge in [0.15, 0.2) is 9.84 Å². The minimum absolute atomic E-state index is 0.0796. The molecule has 1 aliphatic rings. The summed E-state index contributed by atoms with van der Waals surface area (Å²) in [5.41, 5.74) is 1.31. The van der Waals surface area contributed by atoms with Gasteiger partial charge >= 0.3 is 6.18 Å². The van der Waals surface area contributed by atoms with Gasteiger partial charge in [-0.3, -0.25) is 4.98 Å². The van der Waals surface area contributed by atoms with Gasteiger partial charge in [0, 0.05) is 25.3 Å². The second-order valence-electron chi connectivity index (χ2n) is 6.19. The van der Waals surface area contributed by atoms with E-state index in [9.17, 15) is 26.0 Å². The van der Waals surface area contributed by atoms with Gasteiger partial charge in [-0.2, -0.15) is 13.2 Å². The second-order valence-corrected chi connectivity index (χ2v) is 8.20. The number of rotatable bonds is 3. The van der Waals surface area contributed by atoms with Crippen molar-refractivity contribution in [2.45, 2.75) is 30.1 Å². The lowest BCUT2D eigenvalue weighted by atomic mass is 9.98. The van der Waals surface area contributed by atoms with Crippen LogP contribution < -0.4 is 0 Å². The Labute approximate surface area is 148 Å². The second kappa shape index (κ2) is 6.50. The van der Waals surface area contributed by atoms with Crippen LogP contribution in [0.15, 0.2) is 47.5 Å². The smallest absolute Gasteiger partial charge is 0.251 e. The zero-order valence-corrected chi connectivity index (χ0v) is 14.5. The zero-order chi connectivity index (χ0) is 19.1. The van der Waals surface area contributed by atoms with Gasteiger partial charge < -0.3 is 0 Å². The van der Waals surface area contributed by atoms with E-state index in [1.165, 1.54) is 18.2 Å². The largest absolute Gasteiger partial charge is 0.433 e. The minimum Gasteiger partial charge on any atom is -0.251 e. The molecule has 0 amide bonds. The molecule has 1 aromatic heterocycles. The molecule has 0 radical (unpaired) electrons. The Morgan fingerprint density at radius 1 is 0.962 bits per heavy atom. The first-order chi connectivity index (χ1) is 12.1. The maximum absolute atomic E-state index is 14.0. The van der Waals surface area contributed by atoms with Crippen molar-refractivity contribution in [3.05, 3.63) is 59.4 Å². The van der Waals surface area contributed by atoms with Crippen LogP contribution in [-0.4, -0.2) is 25.8 Å². The van der Waals surface area contributed by atoms with Gasteiger partial charge in [0.05, 0.1) is 4.90 Å². The van der Waals surface area contributed by atoms with Crippen molar-refractivity contribution in [1.29, 1.82) is 0 Å². The number of pyridine rings is 1. The number of hydrogen-bond acceptors (Lipinski definition) is 3. The van der Waals surface area contributed by atoms with Crippen LogP contribution in [0.1, 0.15) is 29.7 Å². The summed E-state index contributed by atoms with van der Waals surface area (Å²) in [4.78, 5) is 3.58. The molecule has 1 aliphatic carbocycles. The lowest BCUT2D eigenvalue weighted by molar-refractivity contribution is -0.141. The lowest BCUT2D eigenvalue weighted by Crippen LogP contribution is -2.07. The highest BCUT2D eigenvalue weighted by molar-refractivity contribution is 7.90. The van der Waals surface area contributed by atoms with Crippen molar-refractivity contribution in [3.63, 3.8) is 0 Å². The molecule has 0 saturated heterocycles. The van der Waals surface area contributed by atoms with Crippen molar-refractivity contribution >= 4 is 21.0 Å². The Hall–Kier alpha value is -2.22. The standard InChI is InChI=1S/C18H15F4NO2S/c1-26(24,25)14-5-2-11(3-6-14)15-8-13(19)9-16(15)12-4-7-17(23-10-12)18(20,21)22/h2-7,10,13H,8-9H2,1H3. The Bertz CT molecular complexity index is 946. The van der Waals surface area contributed by atoms with Crippen LogP contribution in [0.5, 0.6) is 0 Å². The van der Waals surface area contributed by atoms with E-state index in [1.807, 2.05) is 0 Å². The van der Waals surface area contributed by atoms with Gasteiger partial charge in [0.25, 0.3) is 0 Å². The van der Waals surface area contributed by atoms with Gasteiger partial charge in [-0.05, 0) is 40.5 Å². The molecule has 0 saturated carbocycles. The first-order valence-corrected chi connectivity index (χ1v) is 9.65. The fourth-order valence-corrected chi connectivity index (χ4v) is 3.62. The van der Waals surface area contributed by atoms with Crippen molar-refractivity contribution in [2.75, 3.05) is 6.26 Å². The molecule has 2 aromatic rings. The predicted octanol–water partition coefficient (Wildman–Crippen LogP) is 4.55. The van der Waals surface area contributed by atoms with E-state index in [-0.39, 0.29) is 17.7 Å². The molecule has 0 fully saturated rings. The fraction of sp³-hybridized carbons (Fsp3) is 0.278. The number of aromatic nitrogens is 1. The number of allylic oxidation sites excluding steroid dienone is 2. The SMILES string of the molecule is CS(=O)(=O)c1ccc(C2=C(c3ccc(C(F)(F)F)nc3)CC(F)C2)cc1. The van der Waals surface area contributed by atoms with Crippen LogP contribution in [0.2, 0.25) is 0 Å². The molecule has 0 N–H and O–H groups in total. The van der Waals surface area contributed by atoms with Gasteiger partial charge in [-0.25, -0.2) is 12.8 Å². The van der Waals surface area contributed by atoms with Crippen molar-refractivity contribution in [1.82, 2.24) is 4.98 Å². The molecule has 138 valence electrons. The summed E-state index contributed by atoms with van der Waals surface area (Å²) in [5.74, 6) is 0. The summed E-state index contributed by atoms with van der Waals surface area (Å²) in [6.07, 6.45) is -3.29. The van der Waals surface area contributed by atoms with Crippen molar-refractivity contribution in [3.8, 4) is 0 Å². The first kappa shape index (κ1) is 18.6. The van der Waals surface area contributed by atoms with Crippen LogP contribution in [0.3, 0.4) is 0 Å². The molecule has 3 nitrogen and oxygen atoms in total. The monoisotopic (exact) mass is 385 g/mol. The minimum atomic E-state index is -4.53. The van der Waals surface area contributed by atoms with E-state index in [4.69, 9.17) is 0 Å². The maximum atomic E-state index is 14.0. The average Bonchev–Trinajstić information content (AvgIpc) is 2.95. The van der Waals surface area contributed by atoms with Gasteiger partial charge in [0.1, 0.15) is 11.9 Å². The molecule has 0 aliphatic heterocycles. The maximum Gasteiger partial charge on any atom is 0.433 e. The zero-order valence-electron chi connectivity index (χ0n) is 13.7. The molecule has 1 heterocycles. The average molecular weight is 385 g/mol. The van der Waals surface area contributed by atoms with E-state index in [1.54, 1.807) is 12.1 Å². The highest BCUT2D eigenvalue weighted by Crippen LogP contribution is 2.41. The highest BCUT2D eigenvalue weighted by Gasteiger charge is 2.33. The molecular weight excluding hydrogens is 370 g/mol. The Kier molecular flexibility index (Phi) is 4.64. The predicted molar refractivity (Wildman–Crippen MR) is 89.7 cm³/mol. The van der Waals surface area contributed by atoms with Crippen LogP contribution in [0.4, 0.5) is 17.6 Å². The third-order valence-corrected chi connectivity index (χ3v) is 5.38. The molecular formula is C18H15F4NO2S. The van der Waals surface area contributed by atoms with Gasteiger partial charge in [-0.15, -0.1) is 0 Å². The number of benzene rings is 1. The fourth-order valence-electron chi connectivity index (χ4n) is 2.99. The Morgan fingerprint density at radius 2 is 1.50 bits per heavy atom. The number of alkyl halides is 4. The van der Waals surface area contributed by atoms with E-state index >= 15 is 0 Å². The Balaban J connectivity index is 2.00. The molecule has 0 bridgehead atoms. The van der Waals surface area contributed by atoms with Crippen molar-refractivity contribution in [2.24, 2.45) is 0 Å². The van der Waals surface area contributed by atoms with E-state index < -0.39 is 27.9 Å². The normalized spacial score (nSPS) is 18.4. The van der Waals surface area contributed by atoms with Crippen LogP contribution in [0.25, 0.3) is 11.1 Å². The summed E-state index contributed by atoms with van der Waals surface area (Å²) in [5, 5.41) is 0. The molecule has 1 aromatic carbocycles. The first-order valence-electron chi connectivity index (χ1n) is 7.76. The molecule has 26 heavy (non-hydrogen) atoms. The van der Waals surface area contributed by atoms with Crippen LogP contribution in [0, 0.1) is 0 Å². The molecule has 1 unspecified atom stereocenters. The summed E-state index contributed by atoms with van der Waals surface area (Å²) in [7, 11) is -3.34. The molecule has 1 atom stereocenters. The van der Waals surface area contributed by atoms with E-state index in [0.717, 1.165) is 18.5 Å². The van der Waals surface area contributed by atoms with E-state index in [0.29, 0.717) is 22.3 Å². The van der Waals surface area contributed by atoms with Gasteiger partial charge in [-0.1, -0.05) is 18.2 Å². The van der Waals surface area contributed by atoms with Gasteiger partial charge in [0.2, 0.25) is 0 Å². The Morgan fingerprint density at radius 3 is 1.96 bits per heavy atom. The summed E-state index contributed by atoms with van der Waals surface area (Å²) in [6.45, 7) is 0. The third-order valence-electron chi connectivity index (χ3n) is 4.25.